The van der Waals surface area contributed by atoms with Crippen molar-refractivity contribution in [3.63, 3.8) is 0 Å². The van der Waals surface area contributed by atoms with E-state index in [1.807, 2.05) is 42.5 Å². The molecule has 0 bridgehead atoms. The average Bonchev–Trinajstić information content (AvgIpc) is 2.71. The number of benzene rings is 3. The van der Waals surface area contributed by atoms with Gasteiger partial charge < -0.3 is 4.74 Å². The SMILES string of the molecule is COC(=O)c1cc(F)cc(CN(c2ccc(-c3ccccc3)cc2)S(=O)O)c1. The Morgan fingerprint density at radius 2 is 1.68 bits per heavy atom. The maximum atomic E-state index is 13.9. The second-order valence-electron chi connectivity index (χ2n) is 6.02. The van der Waals surface area contributed by atoms with Crippen molar-refractivity contribution in [1.29, 1.82) is 0 Å². The number of ether oxygens (including phenoxy) is 1. The fourth-order valence-electron chi connectivity index (χ4n) is 2.83. The summed E-state index contributed by atoms with van der Waals surface area (Å²) in [5, 5.41) is 0. The third kappa shape index (κ3) is 4.62. The lowest BCUT2D eigenvalue weighted by molar-refractivity contribution is 0.0600. The second kappa shape index (κ2) is 8.77. The number of carbonyl (C=O) groups excluding carboxylic acids is 1. The standard InChI is InChI=1S/C21H18FNO4S/c1-27-21(24)18-11-15(12-19(22)13-18)14-23(28(25)26)20-9-7-17(8-10-20)16-5-3-2-4-6-16/h2-13H,14H2,1H3,(H,25,26). The maximum absolute atomic E-state index is 13.9. The molecule has 0 saturated heterocycles. The quantitative estimate of drug-likeness (QED) is 0.492. The van der Waals surface area contributed by atoms with E-state index in [1.165, 1.54) is 23.5 Å². The van der Waals surface area contributed by atoms with Gasteiger partial charge in [-0.05, 0) is 47.0 Å². The van der Waals surface area contributed by atoms with Crippen molar-refractivity contribution in [3.8, 4) is 11.1 Å². The van der Waals surface area contributed by atoms with Crippen molar-refractivity contribution in [2.75, 3.05) is 11.4 Å². The molecule has 0 aromatic heterocycles. The van der Waals surface area contributed by atoms with Gasteiger partial charge in [0, 0.05) is 0 Å². The Hall–Kier alpha value is -3.03. The van der Waals surface area contributed by atoms with E-state index < -0.39 is 23.1 Å². The molecule has 0 aliphatic rings. The van der Waals surface area contributed by atoms with Crippen LogP contribution in [0.25, 0.3) is 11.1 Å². The first-order valence-electron chi connectivity index (χ1n) is 8.39. The summed E-state index contributed by atoms with van der Waals surface area (Å²) >= 11 is -2.34. The van der Waals surface area contributed by atoms with E-state index in [0.29, 0.717) is 11.3 Å². The predicted octanol–water partition coefficient (Wildman–Crippen LogP) is 4.42. The van der Waals surface area contributed by atoms with E-state index in [1.54, 1.807) is 12.1 Å². The summed E-state index contributed by atoms with van der Waals surface area (Å²) in [6.07, 6.45) is 0. The first kappa shape index (κ1) is 19.7. The van der Waals surface area contributed by atoms with Gasteiger partial charge in [-0.3, -0.25) is 8.86 Å². The van der Waals surface area contributed by atoms with E-state index in [0.717, 1.165) is 17.2 Å². The van der Waals surface area contributed by atoms with Gasteiger partial charge in [0.05, 0.1) is 24.9 Å². The molecule has 7 heteroatoms. The number of methoxy groups -OCH3 is 1. The van der Waals surface area contributed by atoms with Gasteiger partial charge in [0.25, 0.3) is 11.3 Å². The van der Waals surface area contributed by atoms with E-state index in [-0.39, 0.29) is 12.1 Å². The highest BCUT2D eigenvalue weighted by Gasteiger charge is 2.16. The second-order valence-corrected chi connectivity index (χ2v) is 6.92. The van der Waals surface area contributed by atoms with Crippen molar-refractivity contribution in [3.05, 3.63) is 89.7 Å². The number of rotatable bonds is 6. The molecule has 0 spiro atoms. The topological polar surface area (TPSA) is 66.8 Å². The van der Waals surface area contributed by atoms with Gasteiger partial charge >= 0.3 is 5.97 Å². The Morgan fingerprint density at radius 3 is 2.29 bits per heavy atom. The van der Waals surface area contributed by atoms with Crippen LogP contribution in [0.4, 0.5) is 10.1 Å². The molecule has 5 nitrogen and oxygen atoms in total. The van der Waals surface area contributed by atoms with Crippen LogP contribution in [0.15, 0.2) is 72.8 Å². The molecule has 1 atom stereocenters. The Kier molecular flexibility index (Phi) is 6.18. The van der Waals surface area contributed by atoms with E-state index >= 15 is 0 Å². The van der Waals surface area contributed by atoms with Gasteiger partial charge in [0.2, 0.25) is 0 Å². The highest BCUT2D eigenvalue weighted by atomic mass is 32.2. The number of carbonyl (C=O) groups is 1. The van der Waals surface area contributed by atoms with E-state index in [9.17, 15) is 17.9 Å². The van der Waals surface area contributed by atoms with Crippen molar-refractivity contribution in [2.24, 2.45) is 0 Å². The third-order valence-electron chi connectivity index (χ3n) is 4.16. The van der Waals surface area contributed by atoms with Crippen molar-refractivity contribution in [1.82, 2.24) is 0 Å². The lowest BCUT2D eigenvalue weighted by Gasteiger charge is -2.21. The first-order chi connectivity index (χ1) is 13.5. The van der Waals surface area contributed by atoms with Crippen LogP contribution >= 0.6 is 0 Å². The summed E-state index contributed by atoms with van der Waals surface area (Å²) in [5.41, 5.74) is 2.89. The largest absolute Gasteiger partial charge is 0.465 e. The number of esters is 1. The smallest absolute Gasteiger partial charge is 0.337 e. The summed E-state index contributed by atoms with van der Waals surface area (Å²) in [5.74, 6) is -1.30. The minimum Gasteiger partial charge on any atom is -0.465 e. The van der Waals surface area contributed by atoms with Crippen molar-refractivity contribution in [2.45, 2.75) is 6.54 Å². The summed E-state index contributed by atoms with van der Waals surface area (Å²) in [6, 6.07) is 20.6. The Bertz CT molecular complexity index is 993. The first-order valence-corrected chi connectivity index (χ1v) is 9.46. The molecular formula is C21H18FNO4S. The fraction of sp³-hybridized carbons (Fsp3) is 0.0952. The van der Waals surface area contributed by atoms with Crippen LogP contribution in [-0.2, 0) is 22.5 Å². The monoisotopic (exact) mass is 399 g/mol. The number of halogens is 1. The molecule has 3 aromatic carbocycles. The van der Waals surface area contributed by atoms with Crippen molar-refractivity contribution < 1.29 is 22.7 Å². The van der Waals surface area contributed by atoms with Gasteiger partial charge in [0.1, 0.15) is 5.82 Å². The van der Waals surface area contributed by atoms with Gasteiger partial charge in [-0.2, -0.15) is 0 Å². The predicted molar refractivity (Wildman–Crippen MR) is 107 cm³/mol. The van der Waals surface area contributed by atoms with Crippen LogP contribution in [0.5, 0.6) is 0 Å². The number of anilines is 1. The Morgan fingerprint density at radius 1 is 1.04 bits per heavy atom. The van der Waals surface area contributed by atoms with Gasteiger partial charge in [-0.15, -0.1) is 0 Å². The zero-order chi connectivity index (χ0) is 20.1. The number of hydrogen-bond acceptors (Lipinski definition) is 3. The fourth-order valence-corrected chi connectivity index (χ4v) is 3.39. The molecule has 28 heavy (non-hydrogen) atoms. The Labute approximate surface area is 164 Å². The molecule has 1 N–H and O–H groups in total. The molecule has 0 fully saturated rings. The van der Waals surface area contributed by atoms with E-state index in [4.69, 9.17) is 0 Å². The highest BCUT2D eigenvalue weighted by molar-refractivity contribution is 7.80. The number of hydrogen-bond donors (Lipinski definition) is 1. The van der Waals surface area contributed by atoms with Crippen LogP contribution in [0.3, 0.4) is 0 Å². The lowest BCUT2D eigenvalue weighted by atomic mass is 10.1. The molecule has 0 aliphatic heterocycles. The lowest BCUT2D eigenvalue weighted by Crippen LogP contribution is -2.24. The van der Waals surface area contributed by atoms with Gasteiger partial charge in [-0.25, -0.2) is 13.4 Å². The zero-order valence-corrected chi connectivity index (χ0v) is 15.9. The normalized spacial score (nSPS) is 11.7. The van der Waals surface area contributed by atoms with Crippen LogP contribution < -0.4 is 4.31 Å². The molecule has 0 heterocycles. The number of nitrogens with zero attached hydrogens (tertiary/aromatic N) is 1. The minimum atomic E-state index is -2.34. The summed E-state index contributed by atoms with van der Waals surface area (Å²) in [6.45, 7) is -0.0600. The molecule has 3 aromatic rings. The van der Waals surface area contributed by atoms with E-state index in [2.05, 4.69) is 4.74 Å². The molecule has 0 amide bonds. The molecular weight excluding hydrogens is 381 g/mol. The van der Waals surface area contributed by atoms with Crippen LogP contribution in [0, 0.1) is 5.82 Å². The summed E-state index contributed by atoms with van der Waals surface area (Å²) < 4.78 is 41.3. The molecule has 0 radical (unpaired) electrons. The van der Waals surface area contributed by atoms with Gasteiger partial charge in [0.15, 0.2) is 0 Å². The van der Waals surface area contributed by atoms with Crippen molar-refractivity contribution >= 4 is 22.9 Å². The van der Waals surface area contributed by atoms with Gasteiger partial charge in [-0.1, -0.05) is 42.5 Å². The highest BCUT2D eigenvalue weighted by Crippen LogP contribution is 2.25. The van der Waals surface area contributed by atoms with Crippen LogP contribution in [0.1, 0.15) is 15.9 Å². The molecule has 3 rings (SSSR count). The average molecular weight is 399 g/mol. The van der Waals surface area contributed by atoms with Crippen LogP contribution in [-0.4, -0.2) is 21.8 Å². The molecule has 0 saturated carbocycles. The molecule has 0 aliphatic carbocycles. The third-order valence-corrected chi connectivity index (χ3v) is 4.87. The minimum absolute atomic E-state index is 0.0422. The molecule has 144 valence electrons. The maximum Gasteiger partial charge on any atom is 0.337 e. The Balaban J connectivity index is 1.88. The summed E-state index contributed by atoms with van der Waals surface area (Å²) in [4.78, 5) is 11.7. The zero-order valence-electron chi connectivity index (χ0n) is 15.0. The summed E-state index contributed by atoms with van der Waals surface area (Å²) in [7, 11) is 1.20. The van der Waals surface area contributed by atoms with Crippen LogP contribution in [0.2, 0.25) is 0 Å². The molecule has 1 unspecified atom stereocenters.